The lowest BCUT2D eigenvalue weighted by molar-refractivity contribution is 1.10. The third-order valence-electron chi connectivity index (χ3n) is 3.52. The van der Waals surface area contributed by atoms with Crippen molar-refractivity contribution in [3.8, 4) is 11.3 Å². The average Bonchev–Trinajstić information content (AvgIpc) is 2.98. The van der Waals surface area contributed by atoms with Crippen molar-refractivity contribution in [3.63, 3.8) is 0 Å². The van der Waals surface area contributed by atoms with E-state index in [2.05, 4.69) is 56.6 Å². The summed E-state index contributed by atoms with van der Waals surface area (Å²) in [5.74, 6) is 0. The normalized spacial score (nSPS) is 10.6. The molecule has 0 fully saturated rings. The smallest absolute Gasteiger partial charge is 0.0700 e. The standard InChI is InChI=1S/C17H16BrN3/c1-12-15(18)8-5-9-16(12)19-10-14-11-20-21-17(14)13-6-3-2-4-7-13/h2-9,11,19H,10H2,1H3,(H,20,21). The molecular formula is C17H16BrN3. The van der Waals surface area contributed by atoms with Crippen molar-refractivity contribution >= 4 is 21.6 Å². The van der Waals surface area contributed by atoms with Crippen LogP contribution in [0.2, 0.25) is 0 Å². The molecule has 0 radical (unpaired) electrons. The van der Waals surface area contributed by atoms with Gasteiger partial charge in [-0.15, -0.1) is 0 Å². The van der Waals surface area contributed by atoms with Crippen LogP contribution < -0.4 is 5.32 Å². The highest BCUT2D eigenvalue weighted by atomic mass is 79.9. The number of nitrogens with one attached hydrogen (secondary N) is 2. The Morgan fingerprint density at radius 1 is 1.10 bits per heavy atom. The van der Waals surface area contributed by atoms with Crippen LogP contribution in [-0.4, -0.2) is 10.2 Å². The molecule has 3 rings (SSSR count). The number of anilines is 1. The second-order valence-electron chi connectivity index (χ2n) is 4.90. The number of halogens is 1. The van der Waals surface area contributed by atoms with Gasteiger partial charge in [-0.2, -0.15) is 5.10 Å². The van der Waals surface area contributed by atoms with E-state index in [0.717, 1.165) is 33.5 Å². The molecule has 2 N–H and O–H groups in total. The lowest BCUT2D eigenvalue weighted by Crippen LogP contribution is -2.01. The monoisotopic (exact) mass is 341 g/mol. The first-order valence-corrected chi connectivity index (χ1v) is 7.61. The quantitative estimate of drug-likeness (QED) is 0.718. The molecule has 1 heterocycles. The molecule has 0 bridgehead atoms. The van der Waals surface area contributed by atoms with Gasteiger partial charge in [0.25, 0.3) is 0 Å². The van der Waals surface area contributed by atoms with E-state index in [-0.39, 0.29) is 0 Å². The molecule has 0 amide bonds. The van der Waals surface area contributed by atoms with Crippen molar-refractivity contribution in [3.05, 3.63) is 70.3 Å². The van der Waals surface area contributed by atoms with Gasteiger partial charge >= 0.3 is 0 Å². The fourth-order valence-electron chi connectivity index (χ4n) is 2.29. The molecule has 0 aliphatic heterocycles. The zero-order valence-corrected chi connectivity index (χ0v) is 13.3. The molecule has 0 saturated heterocycles. The van der Waals surface area contributed by atoms with E-state index in [1.54, 1.807) is 0 Å². The summed E-state index contributed by atoms with van der Waals surface area (Å²) in [5, 5.41) is 10.7. The summed E-state index contributed by atoms with van der Waals surface area (Å²) < 4.78 is 1.11. The molecule has 106 valence electrons. The Balaban J connectivity index is 1.81. The van der Waals surface area contributed by atoms with Gasteiger partial charge in [0.15, 0.2) is 0 Å². The van der Waals surface area contributed by atoms with Crippen LogP contribution in [0.3, 0.4) is 0 Å². The van der Waals surface area contributed by atoms with Crippen molar-refractivity contribution in [1.29, 1.82) is 0 Å². The largest absolute Gasteiger partial charge is 0.381 e. The molecule has 3 nitrogen and oxygen atoms in total. The van der Waals surface area contributed by atoms with Crippen molar-refractivity contribution in [2.45, 2.75) is 13.5 Å². The maximum Gasteiger partial charge on any atom is 0.0700 e. The Hall–Kier alpha value is -2.07. The number of H-pyrrole nitrogens is 1. The summed E-state index contributed by atoms with van der Waals surface area (Å²) in [6.07, 6.45) is 1.88. The highest BCUT2D eigenvalue weighted by Gasteiger charge is 2.08. The zero-order chi connectivity index (χ0) is 14.7. The average molecular weight is 342 g/mol. The van der Waals surface area contributed by atoms with Crippen LogP contribution in [0.25, 0.3) is 11.3 Å². The summed E-state index contributed by atoms with van der Waals surface area (Å²) in [6, 6.07) is 16.4. The third-order valence-corrected chi connectivity index (χ3v) is 4.38. The molecule has 0 aliphatic carbocycles. The van der Waals surface area contributed by atoms with Crippen molar-refractivity contribution in [1.82, 2.24) is 10.2 Å². The Morgan fingerprint density at radius 2 is 1.90 bits per heavy atom. The van der Waals surface area contributed by atoms with Crippen LogP contribution in [0, 0.1) is 6.92 Å². The minimum atomic E-state index is 0.734. The van der Waals surface area contributed by atoms with Crippen LogP contribution in [0.4, 0.5) is 5.69 Å². The maximum atomic E-state index is 4.18. The van der Waals surface area contributed by atoms with Crippen LogP contribution in [0.15, 0.2) is 59.2 Å². The van der Waals surface area contributed by atoms with Gasteiger partial charge < -0.3 is 5.32 Å². The van der Waals surface area contributed by atoms with Crippen LogP contribution in [0.1, 0.15) is 11.1 Å². The lowest BCUT2D eigenvalue weighted by Gasteiger charge is -2.11. The summed E-state index contributed by atoms with van der Waals surface area (Å²) in [7, 11) is 0. The van der Waals surface area contributed by atoms with Crippen LogP contribution in [0.5, 0.6) is 0 Å². The van der Waals surface area contributed by atoms with Gasteiger partial charge in [-0.1, -0.05) is 52.3 Å². The Kier molecular flexibility index (Phi) is 4.06. The summed E-state index contributed by atoms with van der Waals surface area (Å²) in [4.78, 5) is 0. The third kappa shape index (κ3) is 3.00. The Bertz CT molecular complexity index is 735. The van der Waals surface area contributed by atoms with Gasteiger partial charge in [0.05, 0.1) is 11.9 Å². The van der Waals surface area contributed by atoms with E-state index in [1.807, 2.05) is 36.5 Å². The molecular weight excluding hydrogens is 326 g/mol. The minimum absolute atomic E-state index is 0.734. The Morgan fingerprint density at radius 3 is 2.71 bits per heavy atom. The van der Waals surface area contributed by atoms with E-state index in [9.17, 15) is 0 Å². The van der Waals surface area contributed by atoms with Gasteiger partial charge in [-0.3, -0.25) is 5.10 Å². The number of rotatable bonds is 4. The molecule has 2 aromatic carbocycles. The fourth-order valence-corrected chi connectivity index (χ4v) is 2.66. The minimum Gasteiger partial charge on any atom is -0.381 e. The number of nitrogens with zero attached hydrogens (tertiary/aromatic N) is 1. The topological polar surface area (TPSA) is 40.7 Å². The lowest BCUT2D eigenvalue weighted by atomic mass is 10.1. The number of hydrogen-bond donors (Lipinski definition) is 2. The molecule has 0 spiro atoms. The van der Waals surface area contributed by atoms with E-state index < -0.39 is 0 Å². The van der Waals surface area contributed by atoms with E-state index in [0.29, 0.717) is 0 Å². The highest BCUT2D eigenvalue weighted by molar-refractivity contribution is 9.10. The first-order valence-electron chi connectivity index (χ1n) is 6.82. The van der Waals surface area contributed by atoms with Crippen LogP contribution >= 0.6 is 15.9 Å². The molecule has 3 aromatic rings. The van der Waals surface area contributed by atoms with E-state index in [4.69, 9.17) is 0 Å². The fraction of sp³-hybridized carbons (Fsp3) is 0.118. The second kappa shape index (κ2) is 6.14. The van der Waals surface area contributed by atoms with Gasteiger partial charge in [0.1, 0.15) is 0 Å². The van der Waals surface area contributed by atoms with Crippen molar-refractivity contribution in [2.24, 2.45) is 0 Å². The summed E-state index contributed by atoms with van der Waals surface area (Å²) in [5.41, 5.74) is 5.71. The highest BCUT2D eigenvalue weighted by Crippen LogP contribution is 2.25. The van der Waals surface area contributed by atoms with Crippen molar-refractivity contribution in [2.75, 3.05) is 5.32 Å². The molecule has 21 heavy (non-hydrogen) atoms. The molecule has 0 atom stereocenters. The maximum absolute atomic E-state index is 4.18. The van der Waals surface area contributed by atoms with Crippen molar-refractivity contribution < 1.29 is 0 Å². The first kappa shape index (κ1) is 13.9. The zero-order valence-electron chi connectivity index (χ0n) is 11.7. The SMILES string of the molecule is Cc1c(Br)cccc1NCc1cn[nH]c1-c1ccccc1. The van der Waals surface area contributed by atoms with Gasteiger partial charge in [0.2, 0.25) is 0 Å². The number of benzene rings is 2. The summed E-state index contributed by atoms with van der Waals surface area (Å²) in [6.45, 7) is 2.83. The first-order chi connectivity index (χ1) is 10.3. The predicted molar refractivity (Wildman–Crippen MR) is 90.2 cm³/mol. The number of aromatic amines is 1. The van der Waals surface area contributed by atoms with Gasteiger partial charge in [-0.05, 0) is 30.2 Å². The van der Waals surface area contributed by atoms with E-state index in [1.165, 1.54) is 5.56 Å². The molecule has 0 unspecified atom stereocenters. The molecule has 0 aliphatic rings. The van der Waals surface area contributed by atoms with Crippen LogP contribution in [-0.2, 0) is 6.54 Å². The van der Waals surface area contributed by atoms with Gasteiger partial charge in [-0.25, -0.2) is 0 Å². The van der Waals surface area contributed by atoms with Gasteiger partial charge in [0, 0.05) is 22.3 Å². The second-order valence-corrected chi connectivity index (χ2v) is 5.76. The number of aromatic nitrogens is 2. The summed E-state index contributed by atoms with van der Waals surface area (Å²) >= 11 is 3.56. The molecule has 1 aromatic heterocycles. The number of hydrogen-bond acceptors (Lipinski definition) is 2. The van der Waals surface area contributed by atoms with E-state index >= 15 is 0 Å². The Labute approximate surface area is 132 Å². The molecule has 4 heteroatoms. The molecule has 0 saturated carbocycles. The predicted octanol–water partition coefficient (Wildman–Crippen LogP) is 4.76.